The Morgan fingerprint density at radius 3 is 2.61 bits per heavy atom. The molecule has 7 aromatic heterocycles. The second kappa shape index (κ2) is 9.32. The largest absolute Gasteiger partial charge is 0.363 e. The van der Waals surface area contributed by atoms with E-state index in [0.717, 1.165) is 5.57 Å². The zero-order chi connectivity index (χ0) is 27.2. The van der Waals surface area contributed by atoms with Crippen LogP contribution in [0.1, 0.15) is 33.6 Å². The van der Waals surface area contributed by atoms with Gasteiger partial charge in [0.1, 0.15) is 28.5 Å². The number of anilines is 1. The standard InChI is InChI=1S/C25H16N12O2S2/c1-2-16(26-5-1)25(17-13-39-36-32-17)21(15-12-30-35-31-15)20(23-27-6-7-28-23)19(14-4-10-41-34-14)22(24-29-8-11-40-24)37(25)18-3-9-38-33-18/h1-13,26H,(H,27,28)(H,30,31,35). The van der Waals surface area contributed by atoms with E-state index in [2.05, 4.69) is 40.9 Å². The van der Waals surface area contributed by atoms with E-state index < -0.39 is 5.54 Å². The van der Waals surface area contributed by atoms with Crippen LogP contribution < -0.4 is 4.90 Å². The Morgan fingerprint density at radius 2 is 1.95 bits per heavy atom. The summed E-state index contributed by atoms with van der Waals surface area (Å²) in [7, 11) is 0. The highest BCUT2D eigenvalue weighted by Crippen LogP contribution is 2.59. The molecular formula is C25H16N12O2S2. The Kier molecular flexibility index (Phi) is 5.32. The van der Waals surface area contributed by atoms with Crippen LogP contribution in [0.25, 0.3) is 22.4 Å². The van der Waals surface area contributed by atoms with Gasteiger partial charge in [0.2, 0.25) is 0 Å². The summed E-state index contributed by atoms with van der Waals surface area (Å²) in [4.78, 5) is 18.2. The summed E-state index contributed by atoms with van der Waals surface area (Å²) in [6.07, 6.45) is 11.7. The Labute approximate surface area is 237 Å². The fourth-order valence-corrected chi connectivity index (χ4v) is 6.54. The lowest BCUT2D eigenvalue weighted by Gasteiger charge is -2.47. The molecule has 1 aliphatic heterocycles. The van der Waals surface area contributed by atoms with Gasteiger partial charge in [-0.3, -0.25) is 4.90 Å². The number of nitrogens with one attached hydrogen (secondary N) is 3. The molecule has 200 valence electrons. The van der Waals surface area contributed by atoms with Gasteiger partial charge in [0.25, 0.3) is 0 Å². The number of aromatic nitrogens is 11. The summed E-state index contributed by atoms with van der Waals surface area (Å²) in [5.41, 5.74) is 3.86. The quantitative estimate of drug-likeness (QED) is 0.247. The van der Waals surface area contributed by atoms with E-state index in [-0.39, 0.29) is 0 Å². The van der Waals surface area contributed by atoms with Gasteiger partial charge in [0.15, 0.2) is 17.6 Å². The average Bonchev–Trinajstić information content (AvgIpc) is 3.87. The van der Waals surface area contributed by atoms with Crippen molar-refractivity contribution in [3.05, 3.63) is 112 Å². The highest BCUT2D eigenvalue weighted by Gasteiger charge is 2.57. The van der Waals surface area contributed by atoms with Crippen molar-refractivity contribution in [1.82, 2.24) is 55.2 Å². The van der Waals surface area contributed by atoms with Crippen molar-refractivity contribution in [3.8, 4) is 0 Å². The number of nitrogens with zero attached hydrogens (tertiary/aromatic N) is 9. The van der Waals surface area contributed by atoms with E-state index in [1.54, 1.807) is 30.9 Å². The van der Waals surface area contributed by atoms with Gasteiger partial charge in [-0.2, -0.15) is 19.8 Å². The van der Waals surface area contributed by atoms with E-state index >= 15 is 0 Å². The van der Waals surface area contributed by atoms with Crippen molar-refractivity contribution < 1.29 is 9.05 Å². The smallest absolute Gasteiger partial charge is 0.177 e. The van der Waals surface area contributed by atoms with Gasteiger partial charge in [-0.15, -0.1) is 16.4 Å². The first kappa shape index (κ1) is 23.4. The molecule has 7 aromatic rings. The molecule has 16 heteroatoms. The van der Waals surface area contributed by atoms with Crippen molar-refractivity contribution in [2.24, 2.45) is 0 Å². The van der Waals surface area contributed by atoms with Crippen molar-refractivity contribution >= 4 is 51.1 Å². The van der Waals surface area contributed by atoms with Crippen LogP contribution in [0.3, 0.4) is 0 Å². The zero-order valence-electron chi connectivity index (χ0n) is 20.7. The third kappa shape index (κ3) is 3.41. The summed E-state index contributed by atoms with van der Waals surface area (Å²) in [5, 5.41) is 28.9. The maximum atomic E-state index is 5.43. The van der Waals surface area contributed by atoms with E-state index in [9.17, 15) is 0 Å². The fourth-order valence-electron chi connectivity index (χ4n) is 5.34. The van der Waals surface area contributed by atoms with Gasteiger partial charge in [0.05, 0.1) is 23.3 Å². The molecule has 41 heavy (non-hydrogen) atoms. The van der Waals surface area contributed by atoms with Crippen LogP contribution in [-0.4, -0.2) is 55.2 Å². The van der Waals surface area contributed by atoms with Crippen LogP contribution in [0.2, 0.25) is 0 Å². The Morgan fingerprint density at radius 1 is 0.951 bits per heavy atom. The van der Waals surface area contributed by atoms with Gasteiger partial charge in [-0.25, -0.2) is 9.97 Å². The minimum absolute atomic E-state index is 0.441. The van der Waals surface area contributed by atoms with Crippen LogP contribution in [0.4, 0.5) is 5.82 Å². The minimum Gasteiger partial charge on any atom is -0.363 e. The van der Waals surface area contributed by atoms with Gasteiger partial charge >= 0.3 is 0 Å². The topological polar surface area (TPSA) is 180 Å². The number of H-pyrrole nitrogens is 3. The third-order valence-corrected chi connectivity index (χ3v) is 8.10. The first-order chi connectivity index (χ1) is 20.4. The average molecular weight is 581 g/mol. The Balaban J connectivity index is 1.66. The Hall–Kier alpha value is -5.48. The lowest BCUT2D eigenvalue weighted by molar-refractivity contribution is 0.392. The summed E-state index contributed by atoms with van der Waals surface area (Å²) in [6, 6.07) is 7.59. The maximum Gasteiger partial charge on any atom is 0.177 e. The normalized spacial score (nSPS) is 17.6. The predicted molar refractivity (Wildman–Crippen MR) is 148 cm³/mol. The third-order valence-electron chi connectivity index (χ3n) is 6.76. The van der Waals surface area contributed by atoms with Crippen molar-refractivity contribution in [1.29, 1.82) is 0 Å². The van der Waals surface area contributed by atoms with Crippen molar-refractivity contribution in [2.45, 2.75) is 5.54 Å². The molecule has 3 N–H and O–H groups in total. The van der Waals surface area contributed by atoms with Crippen molar-refractivity contribution in [2.75, 3.05) is 4.90 Å². The van der Waals surface area contributed by atoms with Crippen LogP contribution in [-0.2, 0) is 5.54 Å². The van der Waals surface area contributed by atoms with Crippen molar-refractivity contribution in [3.63, 3.8) is 0 Å². The lowest BCUT2D eigenvalue weighted by atomic mass is 9.72. The molecule has 0 spiro atoms. The molecule has 0 bridgehead atoms. The number of hydrogen-bond donors (Lipinski definition) is 3. The lowest BCUT2D eigenvalue weighted by Crippen LogP contribution is -2.51. The number of hydrogen-bond acceptors (Lipinski definition) is 13. The fraction of sp³-hybridized carbons (Fsp3) is 0.0400. The number of imidazole rings is 1. The highest BCUT2D eigenvalue weighted by molar-refractivity contribution is 7.10. The predicted octanol–water partition coefficient (Wildman–Crippen LogP) is 4.08. The molecule has 0 aromatic carbocycles. The number of thiazole rings is 1. The van der Waals surface area contributed by atoms with E-state index in [1.165, 1.54) is 35.4 Å². The molecule has 0 radical (unpaired) electrons. The van der Waals surface area contributed by atoms with Crippen LogP contribution >= 0.6 is 22.9 Å². The molecule has 0 aliphatic carbocycles. The minimum atomic E-state index is -1.32. The monoisotopic (exact) mass is 580 g/mol. The van der Waals surface area contributed by atoms with Gasteiger partial charge in [-0.1, -0.05) is 5.16 Å². The number of allylic oxidation sites excluding steroid dienone is 2. The molecule has 1 aliphatic rings. The number of aromatic amines is 3. The highest BCUT2D eigenvalue weighted by atomic mass is 32.1. The summed E-state index contributed by atoms with van der Waals surface area (Å²) in [5.74, 6) is 1.05. The second-order valence-electron chi connectivity index (χ2n) is 8.77. The molecule has 0 saturated carbocycles. The van der Waals surface area contributed by atoms with Gasteiger partial charge in [0, 0.05) is 63.6 Å². The van der Waals surface area contributed by atoms with Crippen LogP contribution in [0.15, 0.2) is 87.6 Å². The molecule has 1 atom stereocenters. The first-order valence-electron chi connectivity index (χ1n) is 12.1. The second-order valence-corrected chi connectivity index (χ2v) is 10.3. The van der Waals surface area contributed by atoms with Gasteiger partial charge in [-0.05, 0) is 29.7 Å². The summed E-state index contributed by atoms with van der Waals surface area (Å²) < 4.78 is 15.6. The molecular weight excluding hydrogens is 564 g/mol. The zero-order valence-corrected chi connectivity index (χ0v) is 22.3. The molecule has 8 heterocycles. The molecule has 0 amide bonds. The molecule has 0 saturated heterocycles. The molecule has 1 unspecified atom stereocenters. The first-order valence-corrected chi connectivity index (χ1v) is 13.9. The SMILES string of the molecule is c1c[nH]c(C2(c3conn3)C(c3cn[nH]n3)=C(c3ncc[nH]3)C(c3ccsn3)=C(c3nccs3)N2c2ccon2)c1. The summed E-state index contributed by atoms with van der Waals surface area (Å²) in [6.45, 7) is 0. The Bertz CT molecular complexity index is 1890. The van der Waals surface area contributed by atoms with E-state index in [0.29, 0.717) is 56.3 Å². The summed E-state index contributed by atoms with van der Waals surface area (Å²) >= 11 is 2.81. The van der Waals surface area contributed by atoms with Crippen LogP contribution in [0, 0.1) is 0 Å². The van der Waals surface area contributed by atoms with E-state index in [1.807, 2.05) is 40.1 Å². The molecule has 0 fully saturated rings. The molecule has 8 rings (SSSR count). The van der Waals surface area contributed by atoms with Crippen LogP contribution in [0.5, 0.6) is 0 Å². The van der Waals surface area contributed by atoms with E-state index in [4.69, 9.17) is 23.4 Å². The van der Waals surface area contributed by atoms with Gasteiger partial charge < -0.3 is 19.0 Å². The maximum absolute atomic E-state index is 5.43. The number of rotatable bonds is 7. The molecule has 14 nitrogen and oxygen atoms in total.